The summed E-state index contributed by atoms with van der Waals surface area (Å²) in [7, 11) is -1.80. The highest BCUT2D eigenvalue weighted by Gasteiger charge is 2.33. The van der Waals surface area contributed by atoms with Gasteiger partial charge in [0.1, 0.15) is 33.9 Å². The predicted octanol–water partition coefficient (Wildman–Crippen LogP) is 6.70. The van der Waals surface area contributed by atoms with Crippen LogP contribution in [0.25, 0.3) is 11.3 Å². The minimum atomic E-state index is -4.50. The largest absolute Gasteiger partial charge is 0.490 e. The number of aromatic nitrogens is 5. The van der Waals surface area contributed by atoms with Gasteiger partial charge in [-0.15, -0.1) is 0 Å². The Bertz CT molecular complexity index is 1730. The van der Waals surface area contributed by atoms with Gasteiger partial charge in [-0.3, -0.25) is 15.0 Å². The summed E-state index contributed by atoms with van der Waals surface area (Å²) in [4.78, 5) is 17.3. The van der Waals surface area contributed by atoms with Crippen molar-refractivity contribution < 1.29 is 49.6 Å². The van der Waals surface area contributed by atoms with Crippen LogP contribution in [0.2, 0.25) is 5.15 Å². The summed E-state index contributed by atoms with van der Waals surface area (Å²) in [6.45, 7) is 0. The van der Waals surface area contributed by atoms with Crippen LogP contribution < -0.4 is 16.9 Å². The van der Waals surface area contributed by atoms with Crippen LogP contribution in [0.1, 0.15) is 17.1 Å². The Morgan fingerprint density at radius 2 is 1.06 bits per heavy atom. The molecule has 0 radical (unpaired) electrons. The molecule has 49 heavy (non-hydrogen) atoms. The second-order valence-corrected chi connectivity index (χ2v) is 10.3. The van der Waals surface area contributed by atoms with Gasteiger partial charge in [0.25, 0.3) is 0 Å². The van der Waals surface area contributed by atoms with Gasteiger partial charge in [0.05, 0.1) is 5.69 Å². The summed E-state index contributed by atoms with van der Waals surface area (Å²) >= 11 is 8.44. The van der Waals surface area contributed by atoms with E-state index in [-0.39, 0.29) is 5.46 Å². The first kappa shape index (κ1) is 40.6. The van der Waals surface area contributed by atoms with Gasteiger partial charge in [0.2, 0.25) is 0 Å². The van der Waals surface area contributed by atoms with Crippen LogP contribution in [-0.2, 0) is 18.5 Å². The molecule has 0 amide bonds. The number of hydrogen-bond acceptors (Lipinski definition) is 9. The van der Waals surface area contributed by atoms with Crippen molar-refractivity contribution in [1.82, 2.24) is 24.9 Å². The molecule has 5 aromatic rings. The van der Waals surface area contributed by atoms with E-state index in [1.165, 1.54) is 12.1 Å². The van der Waals surface area contributed by atoms with Gasteiger partial charge < -0.3 is 21.5 Å². The van der Waals surface area contributed by atoms with Crippen molar-refractivity contribution in [3.63, 3.8) is 0 Å². The molecule has 0 spiro atoms. The Morgan fingerprint density at radius 1 is 0.592 bits per heavy atom. The zero-order valence-electron chi connectivity index (χ0n) is 24.2. The molecule has 5 aromatic heterocycles. The molecular weight excluding hydrogens is 764 g/mol. The van der Waals surface area contributed by atoms with Crippen molar-refractivity contribution in [1.29, 1.82) is 0 Å². The minimum absolute atomic E-state index is 0.0759. The van der Waals surface area contributed by atoms with Crippen molar-refractivity contribution in [3.05, 3.63) is 118 Å². The van der Waals surface area contributed by atoms with Gasteiger partial charge in [-0.05, 0) is 70.5 Å². The highest BCUT2D eigenvalue weighted by Crippen LogP contribution is 2.29. The number of nitrogen functional groups attached to an aromatic ring is 2. The summed E-state index contributed by atoms with van der Waals surface area (Å²) in [6, 6.07) is 16.2. The van der Waals surface area contributed by atoms with E-state index < -0.39 is 42.7 Å². The maximum absolute atomic E-state index is 12.3. The van der Waals surface area contributed by atoms with E-state index in [0.717, 1.165) is 36.8 Å². The Labute approximate surface area is 285 Å². The second kappa shape index (κ2) is 17.7. The van der Waals surface area contributed by atoms with Crippen LogP contribution >= 0.6 is 27.5 Å². The van der Waals surface area contributed by atoms with Crippen molar-refractivity contribution in [3.8, 4) is 11.3 Å². The van der Waals surface area contributed by atoms with Crippen LogP contribution in [0.3, 0.4) is 0 Å². The fourth-order valence-electron chi connectivity index (χ4n) is 3.02. The van der Waals surface area contributed by atoms with Crippen LogP contribution in [0, 0.1) is 0 Å². The van der Waals surface area contributed by atoms with E-state index in [1.807, 2.05) is 0 Å². The first-order chi connectivity index (χ1) is 22.7. The van der Waals surface area contributed by atoms with Crippen molar-refractivity contribution in [2.24, 2.45) is 0 Å². The minimum Gasteiger partial charge on any atom is -0.423 e. The third-order valence-corrected chi connectivity index (χ3v) is 5.93. The number of anilines is 2. The molecule has 0 atom stereocenters. The van der Waals surface area contributed by atoms with Gasteiger partial charge in [-0.2, -0.15) is 39.5 Å². The summed E-state index contributed by atoms with van der Waals surface area (Å²) in [5.74, 6) is 0.764. The van der Waals surface area contributed by atoms with Gasteiger partial charge in [-0.25, -0.2) is 9.97 Å². The lowest BCUT2D eigenvalue weighted by Crippen LogP contribution is -2.30. The fourth-order valence-corrected chi connectivity index (χ4v) is 3.42. The van der Waals surface area contributed by atoms with Crippen LogP contribution in [-0.4, -0.2) is 42.1 Å². The molecule has 0 fully saturated rings. The second-order valence-electron chi connectivity index (χ2n) is 8.97. The number of halogens is 11. The SMILES string of the molecule is FC(F)(F)c1ccc(Br)cn1.Nc1cccc(-c2ccc(C(F)(F)F)nc2)n1.Nc1cccc(Cl)n1.OB(O)c1ccc(C(F)(F)F)nc1. The lowest BCUT2D eigenvalue weighted by atomic mass is 9.82. The van der Waals surface area contributed by atoms with Gasteiger partial charge >= 0.3 is 25.6 Å². The van der Waals surface area contributed by atoms with E-state index in [0.29, 0.717) is 38.6 Å². The number of alkyl halides is 9. The van der Waals surface area contributed by atoms with Crippen LogP contribution in [0.5, 0.6) is 0 Å². The number of rotatable bonds is 2. The number of nitrogens with zero attached hydrogens (tertiary/aromatic N) is 5. The summed E-state index contributed by atoms with van der Waals surface area (Å²) < 4.78 is 109. The van der Waals surface area contributed by atoms with Gasteiger partial charge in [0, 0.05) is 34.1 Å². The Morgan fingerprint density at radius 3 is 1.41 bits per heavy atom. The predicted molar refractivity (Wildman–Crippen MR) is 167 cm³/mol. The highest BCUT2D eigenvalue weighted by atomic mass is 79.9. The molecule has 0 saturated heterocycles. The molecule has 0 aliphatic carbocycles. The summed E-state index contributed by atoms with van der Waals surface area (Å²) in [5, 5.41) is 17.5. The standard InChI is InChI=1S/C11H8F3N3.C6H5BF3NO2.C6H3BrF3N.C5H5ClN2/c12-11(13,14)9-5-4-7(6-16-9)8-2-1-3-10(15)17-8;8-6(9,10)5-2-1-4(3-11-5)7(12)13;7-4-1-2-5(11-3-4)6(8,9)10;6-4-2-1-3-5(7)8-4/h1-6H,(H2,15,17);1-3,12-13H;1-3H;1-3H,(H2,7,8). The van der Waals surface area contributed by atoms with E-state index in [4.69, 9.17) is 33.1 Å². The third-order valence-electron chi connectivity index (χ3n) is 5.25. The Hall–Kier alpha value is -4.53. The average molecular weight is 785 g/mol. The van der Waals surface area contributed by atoms with E-state index in [9.17, 15) is 39.5 Å². The topological polar surface area (TPSA) is 157 Å². The molecule has 0 aliphatic heterocycles. The smallest absolute Gasteiger partial charge is 0.423 e. The molecule has 6 N–H and O–H groups in total. The van der Waals surface area contributed by atoms with Crippen LogP contribution in [0.15, 0.2) is 95.9 Å². The molecule has 21 heteroatoms. The maximum Gasteiger partial charge on any atom is 0.490 e. The van der Waals surface area contributed by atoms with Crippen LogP contribution in [0.4, 0.5) is 51.1 Å². The zero-order valence-corrected chi connectivity index (χ0v) is 26.5. The molecule has 0 aliphatic rings. The molecule has 9 nitrogen and oxygen atoms in total. The molecule has 5 heterocycles. The number of nitrogens with two attached hydrogens (primary N) is 2. The third kappa shape index (κ3) is 14.6. The number of hydrogen-bond donors (Lipinski definition) is 4. The quantitative estimate of drug-likeness (QED) is 0.0869. The molecule has 0 saturated carbocycles. The lowest BCUT2D eigenvalue weighted by molar-refractivity contribution is -0.142. The van der Waals surface area contributed by atoms with Gasteiger partial charge in [0.15, 0.2) is 0 Å². The van der Waals surface area contributed by atoms with E-state index >= 15 is 0 Å². The molecule has 0 aromatic carbocycles. The highest BCUT2D eigenvalue weighted by molar-refractivity contribution is 9.10. The van der Waals surface area contributed by atoms with Crippen molar-refractivity contribution in [2.45, 2.75) is 18.5 Å². The normalized spacial score (nSPS) is 11.1. The van der Waals surface area contributed by atoms with Crippen molar-refractivity contribution in [2.75, 3.05) is 11.5 Å². The summed E-state index contributed by atoms with van der Waals surface area (Å²) in [5.41, 5.74) is 8.80. The first-order valence-corrected chi connectivity index (χ1v) is 14.1. The average Bonchev–Trinajstić information content (AvgIpc) is 3.01. The Kier molecular flexibility index (Phi) is 14.7. The lowest BCUT2D eigenvalue weighted by Gasteiger charge is -2.06. The molecule has 5 rings (SSSR count). The molecule has 260 valence electrons. The first-order valence-electron chi connectivity index (χ1n) is 12.9. The van der Waals surface area contributed by atoms with E-state index in [1.54, 1.807) is 36.4 Å². The monoisotopic (exact) mass is 783 g/mol. The zero-order chi connectivity index (χ0) is 37.0. The fraction of sp³-hybridized carbons (Fsp3) is 0.107. The van der Waals surface area contributed by atoms with Crippen molar-refractivity contribution >= 4 is 51.7 Å². The Balaban J connectivity index is 0.000000235. The molecule has 0 unspecified atom stereocenters. The summed E-state index contributed by atoms with van der Waals surface area (Å²) in [6.07, 6.45) is -10.3. The van der Waals surface area contributed by atoms with Gasteiger partial charge in [-0.1, -0.05) is 29.8 Å². The van der Waals surface area contributed by atoms with E-state index in [2.05, 4.69) is 40.8 Å². The number of pyridine rings is 5. The molecule has 0 bridgehead atoms. The molecular formula is C28H21BBrClF9N7O2. The maximum atomic E-state index is 12.3.